The fourth-order valence-corrected chi connectivity index (χ4v) is 1.15. The Balaban J connectivity index is 3.86. The van der Waals surface area contributed by atoms with Crippen molar-refractivity contribution < 1.29 is 0 Å². The lowest BCUT2D eigenvalue weighted by atomic mass is 10.3. The Bertz CT molecular complexity index is 192. The Morgan fingerprint density at radius 2 is 1.93 bits per heavy atom. The molecule has 0 amide bonds. The lowest BCUT2D eigenvalue weighted by Crippen LogP contribution is -2.12. The van der Waals surface area contributed by atoms with E-state index in [2.05, 4.69) is 44.1 Å². The van der Waals surface area contributed by atoms with E-state index in [-0.39, 0.29) is 0 Å². The average Bonchev–Trinajstić information content (AvgIpc) is 2.15. The quantitative estimate of drug-likeness (QED) is 0.491. The zero-order valence-electron chi connectivity index (χ0n) is 10.1. The van der Waals surface area contributed by atoms with Gasteiger partial charge in [-0.15, -0.1) is 0 Å². The molecule has 0 aliphatic heterocycles. The third kappa shape index (κ3) is 7.84. The number of nitrogens with one attached hydrogen (secondary N) is 1. The van der Waals surface area contributed by atoms with Crippen LogP contribution in [0.15, 0.2) is 16.8 Å². The summed E-state index contributed by atoms with van der Waals surface area (Å²) < 4.78 is 0. The smallest absolute Gasteiger partial charge is 0.0392 e. The lowest BCUT2D eigenvalue weighted by molar-refractivity contribution is 0.770. The van der Waals surface area contributed by atoms with Crippen molar-refractivity contribution in [3.05, 3.63) is 11.8 Å². The van der Waals surface area contributed by atoms with Gasteiger partial charge in [-0.1, -0.05) is 20.3 Å². The molecule has 0 saturated carbocycles. The van der Waals surface area contributed by atoms with Crippen LogP contribution in [0.5, 0.6) is 0 Å². The SMILES string of the molecule is CCCC/N=C(C)/C=C(/C)NCCC. The molecule has 0 unspecified atom stereocenters. The summed E-state index contributed by atoms with van der Waals surface area (Å²) in [6.45, 7) is 10.5. The van der Waals surface area contributed by atoms with Crippen molar-refractivity contribution in [3.8, 4) is 0 Å². The largest absolute Gasteiger partial charge is 0.389 e. The van der Waals surface area contributed by atoms with E-state index in [9.17, 15) is 0 Å². The molecule has 0 heterocycles. The van der Waals surface area contributed by atoms with Gasteiger partial charge in [-0.05, 0) is 32.8 Å². The molecule has 82 valence electrons. The molecule has 0 fully saturated rings. The molecule has 0 radical (unpaired) electrons. The Morgan fingerprint density at radius 3 is 2.50 bits per heavy atom. The van der Waals surface area contributed by atoms with Gasteiger partial charge in [0, 0.05) is 24.5 Å². The molecular weight excluding hydrogens is 172 g/mol. The maximum Gasteiger partial charge on any atom is 0.0392 e. The van der Waals surface area contributed by atoms with Crippen molar-refractivity contribution >= 4 is 5.71 Å². The molecule has 0 aliphatic carbocycles. The summed E-state index contributed by atoms with van der Waals surface area (Å²) in [5, 5.41) is 3.33. The van der Waals surface area contributed by atoms with Gasteiger partial charge in [0.25, 0.3) is 0 Å². The number of nitrogens with zero attached hydrogens (tertiary/aromatic N) is 1. The third-order valence-corrected chi connectivity index (χ3v) is 1.95. The molecule has 0 aromatic rings. The number of aliphatic imine (C=N–C) groups is 1. The second-order valence-corrected chi connectivity index (χ2v) is 3.63. The van der Waals surface area contributed by atoms with Crippen molar-refractivity contribution in [2.45, 2.75) is 47.0 Å². The molecule has 0 atom stereocenters. The van der Waals surface area contributed by atoms with Crippen molar-refractivity contribution in [1.82, 2.24) is 5.32 Å². The van der Waals surface area contributed by atoms with Gasteiger partial charge in [0.05, 0.1) is 0 Å². The summed E-state index contributed by atoms with van der Waals surface area (Å²) in [5.74, 6) is 0. The molecule has 14 heavy (non-hydrogen) atoms. The Labute approximate surface area is 88.5 Å². The number of rotatable bonds is 7. The minimum atomic E-state index is 0.958. The van der Waals surface area contributed by atoms with Crippen LogP contribution in [0.1, 0.15) is 47.0 Å². The maximum absolute atomic E-state index is 4.46. The first-order chi connectivity index (χ1) is 6.70. The Hall–Kier alpha value is -0.790. The standard InChI is InChI=1S/C12H24N2/c1-5-7-9-14-12(4)10-11(3)13-8-6-2/h10,13H,5-9H2,1-4H3/b11-10-,14-12+. The molecule has 0 rings (SSSR count). The Morgan fingerprint density at radius 1 is 1.21 bits per heavy atom. The van der Waals surface area contributed by atoms with Crippen molar-refractivity contribution in [3.63, 3.8) is 0 Å². The summed E-state index contributed by atoms with van der Waals surface area (Å²) in [7, 11) is 0. The number of unbranched alkanes of at least 4 members (excludes halogenated alkanes) is 1. The second kappa shape index (κ2) is 8.79. The van der Waals surface area contributed by atoms with Crippen LogP contribution in [0.3, 0.4) is 0 Å². The zero-order valence-corrected chi connectivity index (χ0v) is 10.1. The fourth-order valence-electron chi connectivity index (χ4n) is 1.15. The summed E-state index contributed by atoms with van der Waals surface area (Å²) in [4.78, 5) is 4.46. The van der Waals surface area contributed by atoms with Gasteiger partial charge >= 0.3 is 0 Å². The van der Waals surface area contributed by atoms with Gasteiger partial charge in [0.1, 0.15) is 0 Å². The highest BCUT2D eigenvalue weighted by Gasteiger charge is 1.89. The van der Waals surface area contributed by atoms with E-state index in [4.69, 9.17) is 0 Å². The van der Waals surface area contributed by atoms with Crippen LogP contribution in [0.25, 0.3) is 0 Å². The van der Waals surface area contributed by atoms with Crippen LogP contribution >= 0.6 is 0 Å². The predicted molar refractivity (Wildman–Crippen MR) is 64.9 cm³/mol. The van der Waals surface area contributed by atoms with Gasteiger partial charge in [-0.25, -0.2) is 0 Å². The monoisotopic (exact) mass is 196 g/mol. The lowest BCUT2D eigenvalue weighted by Gasteiger charge is -2.04. The first-order valence-corrected chi connectivity index (χ1v) is 5.63. The number of hydrogen-bond donors (Lipinski definition) is 1. The first-order valence-electron chi connectivity index (χ1n) is 5.63. The van der Waals surface area contributed by atoms with E-state index in [0.29, 0.717) is 0 Å². The molecule has 0 bridgehead atoms. The van der Waals surface area contributed by atoms with Gasteiger partial charge in [-0.2, -0.15) is 0 Å². The molecule has 2 heteroatoms. The maximum atomic E-state index is 4.46. The van der Waals surface area contributed by atoms with Gasteiger partial charge in [0.2, 0.25) is 0 Å². The van der Waals surface area contributed by atoms with E-state index in [1.165, 1.54) is 18.5 Å². The van der Waals surface area contributed by atoms with Gasteiger partial charge in [0.15, 0.2) is 0 Å². The third-order valence-electron chi connectivity index (χ3n) is 1.95. The van der Waals surface area contributed by atoms with Crippen LogP contribution in [-0.2, 0) is 0 Å². The fraction of sp³-hybridized carbons (Fsp3) is 0.750. The summed E-state index contributed by atoms with van der Waals surface area (Å²) in [6.07, 6.45) is 5.68. The van der Waals surface area contributed by atoms with Crippen LogP contribution < -0.4 is 5.32 Å². The Kier molecular flexibility index (Phi) is 8.30. The highest BCUT2D eigenvalue weighted by atomic mass is 14.9. The number of allylic oxidation sites excluding steroid dienone is 2. The predicted octanol–water partition coefficient (Wildman–Crippen LogP) is 3.15. The first kappa shape index (κ1) is 13.2. The van der Waals surface area contributed by atoms with Crippen molar-refractivity contribution in [2.75, 3.05) is 13.1 Å². The topological polar surface area (TPSA) is 24.4 Å². The van der Waals surface area contributed by atoms with Crippen LogP contribution in [0.4, 0.5) is 0 Å². The van der Waals surface area contributed by atoms with Crippen LogP contribution in [0, 0.1) is 0 Å². The van der Waals surface area contributed by atoms with Crippen LogP contribution in [0.2, 0.25) is 0 Å². The van der Waals surface area contributed by atoms with Gasteiger partial charge < -0.3 is 5.32 Å². The molecular formula is C12H24N2. The van der Waals surface area contributed by atoms with E-state index < -0.39 is 0 Å². The normalized spacial score (nSPS) is 13.1. The molecule has 0 aromatic heterocycles. The van der Waals surface area contributed by atoms with E-state index >= 15 is 0 Å². The molecule has 0 saturated heterocycles. The number of hydrogen-bond acceptors (Lipinski definition) is 2. The van der Waals surface area contributed by atoms with Crippen LogP contribution in [-0.4, -0.2) is 18.8 Å². The van der Waals surface area contributed by atoms with E-state index in [1.807, 2.05) is 0 Å². The summed E-state index contributed by atoms with van der Waals surface area (Å²) in [5.41, 5.74) is 2.34. The van der Waals surface area contributed by atoms with Gasteiger partial charge in [-0.3, -0.25) is 4.99 Å². The molecule has 2 nitrogen and oxygen atoms in total. The minimum absolute atomic E-state index is 0.958. The average molecular weight is 196 g/mol. The van der Waals surface area contributed by atoms with E-state index in [1.54, 1.807) is 0 Å². The second-order valence-electron chi connectivity index (χ2n) is 3.63. The summed E-state index contributed by atoms with van der Waals surface area (Å²) in [6, 6.07) is 0. The molecule has 0 spiro atoms. The van der Waals surface area contributed by atoms with Crippen molar-refractivity contribution in [1.29, 1.82) is 0 Å². The molecule has 0 aliphatic rings. The van der Waals surface area contributed by atoms with Crippen molar-refractivity contribution in [2.24, 2.45) is 4.99 Å². The highest BCUT2D eigenvalue weighted by Crippen LogP contribution is 1.93. The van der Waals surface area contributed by atoms with E-state index in [0.717, 1.165) is 25.2 Å². The highest BCUT2D eigenvalue weighted by molar-refractivity contribution is 5.93. The molecule has 0 aromatic carbocycles. The summed E-state index contributed by atoms with van der Waals surface area (Å²) >= 11 is 0. The molecule has 1 N–H and O–H groups in total. The zero-order chi connectivity index (χ0) is 10.8. The minimum Gasteiger partial charge on any atom is -0.389 e.